The Morgan fingerprint density at radius 3 is 2.94 bits per heavy atom. The van der Waals surface area contributed by atoms with E-state index >= 15 is 0 Å². The largest absolute Gasteiger partial charge is 0.480 e. The Hall–Kier alpha value is -1.14. The molecule has 0 aromatic carbocycles. The Morgan fingerprint density at radius 2 is 2.29 bits per heavy atom. The number of carbonyl (C=O) groups excluding carboxylic acids is 1. The second-order valence-electron chi connectivity index (χ2n) is 4.30. The van der Waals surface area contributed by atoms with Crippen LogP contribution in [0.5, 0.6) is 0 Å². The van der Waals surface area contributed by atoms with Crippen molar-refractivity contribution in [2.24, 2.45) is 5.92 Å². The van der Waals surface area contributed by atoms with Gasteiger partial charge in [0.05, 0.1) is 25.2 Å². The molecule has 0 bridgehead atoms. The van der Waals surface area contributed by atoms with Crippen LogP contribution in [0, 0.1) is 5.92 Å². The third kappa shape index (κ3) is 2.58. The second-order valence-corrected chi connectivity index (χ2v) is 4.30. The molecule has 2 fully saturated rings. The van der Waals surface area contributed by atoms with Crippen molar-refractivity contribution in [2.75, 3.05) is 26.4 Å². The van der Waals surface area contributed by atoms with Crippen molar-refractivity contribution in [1.29, 1.82) is 0 Å². The molecule has 2 rings (SSSR count). The van der Waals surface area contributed by atoms with Crippen LogP contribution in [0.2, 0.25) is 0 Å². The molecule has 96 valence electrons. The third-order valence-corrected chi connectivity index (χ3v) is 3.13. The number of morpholine rings is 1. The van der Waals surface area contributed by atoms with Gasteiger partial charge in [-0.25, -0.2) is 4.79 Å². The number of aliphatic carboxylic acids is 1. The fraction of sp³-hybridized carbons (Fsp3) is 0.818. The number of hydrogen-bond donors (Lipinski definition) is 1. The van der Waals surface area contributed by atoms with Gasteiger partial charge in [0.15, 0.2) is 6.04 Å². The molecule has 0 aromatic heterocycles. The van der Waals surface area contributed by atoms with E-state index in [1.807, 2.05) is 6.92 Å². The normalized spacial score (nSPS) is 32.3. The maximum Gasteiger partial charge on any atom is 0.328 e. The molecular formula is C11H17NO5. The molecule has 1 amide bonds. The minimum atomic E-state index is -1.01. The first-order valence-corrected chi connectivity index (χ1v) is 5.87. The number of nitrogens with zero attached hydrogens (tertiary/aromatic N) is 1. The number of carboxylic acid groups (broad SMARTS) is 1. The van der Waals surface area contributed by atoms with Crippen molar-refractivity contribution in [3.63, 3.8) is 0 Å². The van der Waals surface area contributed by atoms with Crippen LogP contribution >= 0.6 is 0 Å². The predicted molar refractivity (Wildman–Crippen MR) is 57.5 cm³/mol. The van der Waals surface area contributed by atoms with Crippen LogP contribution in [0.3, 0.4) is 0 Å². The van der Waals surface area contributed by atoms with Crippen molar-refractivity contribution in [2.45, 2.75) is 25.5 Å². The zero-order valence-electron chi connectivity index (χ0n) is 9.80. The number of amides is 1. The summed E-state index contributed by atoms with van der Waals surface area (Å²) in [6, 6.07) is -0.848. The second kappa shape index (κ2) is 5.01. The van der Waals surface area contributed by atoms with Crippen molar-refractivity contribution in [3.05, 3.63) is 0 Å². The van der Waals surface area contributed by atoms with Gasteiger partial charge >= 0.3 is 5.97 Å². The molecule has 17 heavy (non-hydrogen) atoms. The van der Waals surface area contributed by atoms with E-state index in [0.717, 1.165) is 0 Å². The van der Waals surface area contributed by atoms with Gasteiger partial charge in [-0.05, 0) is 13.3 Å². The molecular weight excluding hydrogens is 226 g/mol. The van der Waals surface area contributed by atoms with Crippen LogP contribution in [0.15, 0.2) is 0 Å². The number of rotatable bonds is 4. The van der Waals surface area contributed by atoms with Gasteiger partial charge in [-0.2, -0.15) is 0 Å². The molecule has 1 aliphatic carbocycles. The highest BCUT2D eigenvalue weighted by molar-refractivity contribution is 5.87. The average Bonchev–Trinajstić information content (AvgIpc) is 3.08. The van der Waals surface area contributed by atoms with Crippen LogP contribution in [0.1, 0.15) is 13.3 Å². The number of hydrogen-bond acceptors (Lipinski definition) is 4. The van der Waals surface area contributed by atoms with Crippen molar-refractivity contribution in [3.8, 4) is 0 Å². The van der Waals surface area contributed by atoms with Crippen LogP contribution in [0.25, 0.3) is 0 Å². The topological polar surface area (TPSA) is 76.1 Å². The summed E-state index contributed by atoms with van der Waals surface area (Å²) in [5, 5.41) is 9.02. The predicted octanol–water partition coefficient (Wildman–Crippen LogP) is -0.277. The van der Waals surface area contributed by atoms with E-state index in [0.29, 0.717) is 26.2 Å². The van der Waals surface area contributed by atoms with E-state index in [-0.39, 0.29) is 24.5 Å². The molecule has 0 unspecified atom stereocenters. The number of carbonyl (C=O) groups is 2. The Bertz CT molecular complexity index is 319. The molecule has 2 aliphatic rings. The molecule has 0 radical (unpaired) electrons. The lowest BCUT2D eigenvalue weighted by Crippen LogP contribution is -2.53. The smallest absolute Gasteiger partial charge is 0.328 e. The molecule has 6 heteroatoms. The van der Waals surface area contributed by atoms with E-state index in [1.165, 1.54) is 4.90 Å². The quantitative estimate of drug-likeness (QED) is 0.735. The molecule has 1 N–H and O–H groups in total. The molecule has 0 aromatic rings. The standard InChI is InChI=1S/C11H17NO5/c1-2-17-9-5-7(9)10(13)12-3-4-16-6-8(12)11(14)15/h7-9H,2-6H2,1H3,(H,14,15)/t7-,8-,9+/m0/s1. The van der Waals surface area contributed by atoms with E-state index in [9.17, 15) is 9.59 Å². The van der Waals surface area contributed by atoms with Gasteiger partial charge in [0.2, 0.25) is 5.91 Å². The zero-order valence-corrected chi connectivity index (χ0v) is 9.80. The summed E-state index contributed by atoms with van der Waals surface area (Å²) in [6.07, 6.45) is 0.681. The summed E-state index contributed by atoms with van der Waals surface area (Å²) in [7, 11) is 0. The Morgan fingerprint density at radius 1 is 1.53 bits per heavy atom. The van der Waals surface area contributed by atoms with Gasteiger partial charge in [0, 0.05) is 13.2 Å². The molecule has 1 heterocycles. The summed E-state index contributed by atoms with van der Waals surface area (Å²) < 4.78 is 10.4. The fourth-order valence-corrected chi connectivity index (χ4v) is 2.11. The van der Waals surface area contributed by atoms with E-state index < -0.39 is 12.0 Å². The molecule has 3 atom stereocenters. The van der Waals surface area contributed by atoms with Crippen LogP contribution in [-0.2, 0) is 19.1 Å². The van der Waals surface area contributed by atoms with Crippen LogP contribution < -0.4 is 0 Å². The van der Waals surface area contributed by atoms with Crippen LogP contribution in [-0.4, -0.2) is 60.4 Å². The highest BCUT2D eigenvalue weighted by Gasteiger charge is 2.48. The first-order valence-electron chi connectivity index (χ1n) is 5.87. The summed E-state index contributed by atoms with van der Waals surface area (Å²) >= 11 is 0. The van der Waals surface area contributed by atoms with E-state index in [1.54, 1.807) is 0 Å². The minimum Gasteiger partial charge on any atom is -0.480 e. The Labute approximate surface area is 99.5 Å². The van der Waals surface area contributed by atoms with E-state index in [4.69, 9.17) is 14.6 Å². The lowest BCUT2D eigenvalue weighted by Gasteiger charge is -2.33. The van der Waals surface area contributed by atoms with Gasteiger partial charge in [-0.15, -0.1) is 0 Å². The first-order chi connectivity index (χ1) is 8.15. The van der Waals surface area contributed by atoms with Crippen molar-refractivity contribution in [1.82, 2.24) is 4.90 Å². The molecule has 1 saturated carbocycles. The van der Waals surface area contributed by atoms with Gasteiger partial charge in [0.1, 0.15) is 0 Å². The fourth-order valence-electron chi connectivity index (χ4n) is 2.11. The first kappa shape index (κ1) is 12.3. The summed E-state index contributed by atoms with van der Waals surface area (Å²) in [5.74, 6) is -1.28. The summed E-state index contributed by atoms with van der Waals surface area (Å²) in [5.41, 5.74) is 0. The lowest BCUT2D eigenvalue weighted by molar-refractivity contribution is -0.159. The molecule has 6 nitrogen and oxygen atoms in total. The average molecular weight is 243 g/mol. The Balaban J connectivity index is 1.95. The third-order valence-electron chi connectivity index (χ3n) is 3.13. The van der Waals surface area contributed by atoms with Crippen LogP contribution in [0.4, 0.5) is 0 Å². The molecule has 1 saturated heterocycles. The minimum absolute atomic E-state index is 0.0233. The Kier molecular flexibility index (Phi) is 3.63. The molecule has 1 aliphatic heterocycles. The summed E-state index contributed by atoms with van der Waals surface area (Å²) in [6.45, 7) is 3.30. The highest BCUT2D eigenvalue weighted by atomic mass is 16.5. The number of carboxylic acids is 1. The van der Waals surface area contributed by atoms with Gasteiger partial charge in [-0.3, -0.25) is 4.79 Å². The monoisotopic (exact) mass is 243 g/mol. The van der Waals surface area contributed by atoms with Gasteiger partial charge < -0.3 is 19.5 Å². The van der Waals surface area contributed by atoms with Crippen molar-refractivity contribution < 1.29 is 24.2 Å². The summed E-state index contributed by atoms with van der Waals surface area (Å²) in [4.78, 5) is 24.5. The number of ether oxygens (including phenoxy) is 2. The SMILES string of the molecule is CCO[C@@H]1C[C@@H]1C(=O)N1CCOC[C@H]1C(=O)O. The van der Waals surface area contributed by atoms with Crippen molar-refractivity contribution >= 4 is 11.9 Å². The van der Waals surface area contributed by atoms with Gasteiger partial charge in [0.25, 0.3) is 0 Å². The zero-order chi connectivity index (χ0) is 12.4. The highest BCUT2D eigenvalue weighted by Crippen LogP contribution is 2.36. The van der Waals surface area contributed by atoms with Gasteiger partial charge in [-0.1, -0.05) is 0 Å². The molecule has 0 spiro atoms. The maximum absolute atomic E-state index is 12.1. The van der Waals surface area contributed by atoms with E-state index in [2.05, 4.69) is 0 Å². The maximum atomic E-state index is 12.1. The lowest BCUT2D eigenvalue weighted by atomic mass is 10.2.